The van der Waals surface area contributed by atoms with Crippen LogP contribution in [0.4, 0.5) is 0 Å². The highest BCUT2D eigenvalue weighted by Gasteiger charge is 2.25. The lowest BCUT2D eigenvalue weighted by molar-refractivity contribution is -0.136. The smallest absolute Gasteiger partial charge is 0.225 e. The van der Waals surface area contributed by atoms with Crippen molar-refractivity contribution in [3.8, 4) is 0 Å². The molecule has 0 bridgehead atoms. The van der Waals surface area contributed by atoms with E-state index in [1.165, 1.54) is 5.56 Å². The second-order valence-corrected chi connectivity index (χ2v) is 6.41. The number of piperidine rings is 1. The summed E-state index contributed by atoms with van der Waals surface area (Å²) in [5, 5.41) is 3.28. The molecule has 2 heterocycles. The number of rotatable bonds is 4. The zero-order chi connectivity index (χ0) is 15.2. The van der Waals surface area contributed by atoms with E-state index in [0.29, 0.717) is 12.3 Å². The Morgan fingerprint density at radius 2 is 1.96 bits per heavy atom. The minimum atomic E-state index is 0. The molecule has 3 rings (SSSR count). The Morgan fingerprint density at radius 3 is 2.61 bits per heavy atom. The van der Waals surface area contributed by atoms with Gasteiger partial charge in [0.05, 0.1) is 19.1 Å². The Balaban J connectivity index is 0.00000192. The van der Waals surface area contributed by atoms with Gasteiger partial charge in [-0.15, -0.1) is 12.4 Å². The number of amides is 1. The Labute approximate surface area is 145 Å². The van der Waals surface area contributed by atoms with E-state index in [-0.39, 0.29) is 24.4 Å². The molecule has 2 aliphatic rings. The van der Waals surface area contributed by atoms with Gasteiger partial charge in [-0.1, -0.05) is 30.3 Å². The Bertz CT molecular complexity index is 469. The molecular formula is C18H27ClN2O2. The van der Waals surface area contributed by atoms with Gasteiger partial charge in [0, 0.05) is 26.2 Å². The third-order valence-corrected chi connectivity index (χ3v) is 4.74. The summed E-state index contributed by atoms with van der Waals surface area (Å²) in [6.45, 7) is 4.22. The molecule has 2 saturated heterocycles. The fourth-order valence-corrected chi connectivity index (χ4v) is 3.41. The molecule has 1 unspecified atom stereocenters. The van der Waals surface area contributed by atoms with Crippen molar-refractivity contribution in [2.24, 2.45) is 5.92 Å². The van der Waals surface area contributed by atoms with Crippen LogP contribution in [-0.4, -0.2) is 49.7 Å². The summed E-state index contributed by atoms with van der Waals surface area (Å²) in [6, 6.07) is 10.7. The van der Waals surface area contributed by atoms with Crippen LogP contribution in [0.25, 0.3) is 0 Å². The lowest BCUT2D eigenvalue weighted by Crippen LogP contribution is -2.44. The third kappa shape index (κ3) is 5.48. The summed E-state index contributed by atoms with van der Waals surface area (Å²) in [7, 11) is 0. The molecule has 4 nitrogen and oxygen atoms in total. The second-order valence-electron chi connectivity index (χ2n) is 6.41. The number of carbonyl (C=O) groups is 1. The number of nitrogens with one attached hydrogen (secondary N) is 1. The van der Waals surface area contributed by atoms with Gasteiger partial charge in [0.25, 0.3) is 0 Å². The number of carbonyl (C=O) groups excluding carboxylic acids is 1. The largest absolute Gasteiger partial charge is 0.375 e. The molecular weight excluding hydrogens is 312 g/mol. The van der Waals surface area contributed by atoms with Crippen LogP contribution in [0.5, 0.6) is 0 Å². The lowest BCUT2D eigenvalue weighted by atomic mass is 9.90. The molecule has 1 atom stereocenters. The van der Waals surface area contributed by atoms with E-state index in [2.05, 4.69) is 35.6 Å². The van der Waals surface area contributed by atoms with Gasteiger partial charge in [0.1, 0.15) is 0 Å². The zero-order valence-corrected chi connectivity index (χ0v) is 14.4. The number of benzene rings is 1. The van der Waals surface area contributed by atoms with Crippen molar-refractivity contribution >= 4 is 18.3 Å². The first-order valence-electron chi connectivity index (χ1n) is 8.45. The number of halogens is 1. The third-order valence-electron chi connectivity index (χ3n) is 4.74. The highest BCUT2D eigenvalue weighted by molar-refractivity contribution is 5.85. The standard InChI is InChI=1S/C18H26N2O2.ClH/c21-18(13-17-14-19-8-11-22-17)20-9-6-16(7-10-20)12-15-4-2-1-3-5-15;/h1-5,16-17,19H,6-14H2;1H. The van der Waals surface area contributed by atoms with E-state index < -0.39 is 0 Å². The molecule has 0 spiro atoms. The highest BCUT2D eigenvalue weighted by Crippen LogP contribution is 2.22. The van der Waals surface area contributed by atoms with Crippen LogP contribution in [0.15, 0.2) is 30.3 Å². The first kappa shape index (κ1) is 18.2. The Kier molecular flexibility index (Phi) is 7.34. The lowest BCUT2D eigenvalue weighted by Gasteiger charge is -2.33. The molecule has 0 aromatic heterocycles. The van der Waals surface area contributed by atoms with Crippen LogP contribution in [-0.2, 0) is 16.0 Å². The first-order chi connectivity index (χ1) is 10.8. The quantitative estimate of drug-likeness (QED) is 0.915. The molecule has 23 heavy (non-hydrogen) atoms. The summed E-state index contributed by atoms with van der Waals surface area (Å²) in [6.07, 6.45) is 3.95. The van der Waals surface area contributed by atoms with Crippen molar-refractivity contribution in [3.63, 3.8) is 0 Å². The van der Waals surface area contributed by atoms with Crippen LogP contribution in [0.3, 0.4) is 0 Å². The van der Waals surface area contributed by atoms with Crippen LogP contribution in [0.2, 0.25) is 0 Å². The number of ether oxygens (including phenoxy) is 1. The van der Waals surface area contributed by atoms with Gasteiger partial charge in [-0.3, -0.25) is 4.79 Å². The van der Waals surface area contributed by atoms with E-state index in [1.54, 1.807) is 0 Å². The number of morpholine rings is 1. The predicted molar refractivity (Wildman–Crippen MR) is 93.9 cm³/mol. The fraction of sp³-hybridized carbons (Fsp3) is 0.611. The van der Waals surface area contributed by atoms with Gasteiger partial charge in [-0.05, 0) is 30.7 Å². The van der Waals surface area contributed by atoms with Crippen molar-refractivity contribution in [1.82, 2.24) is 10.2 Å². The summed E-state index contributed by atoms with van der Waals surface area (Å²) in [5.41, 5.74) is 1.41. The predicted octanol–water partition coefficient (Wildman–Crippen LogP) is 2.27. The van der Waals surface area contributed by atoms with Crippen molar-refractivity contribution in [1.29, 1.82) is 0 Å². The van der Waals surface area contributed by atoms with E-state index in [9.17, 15) is 4.79 Å². The minimum absolute atomic E-state index is 0. The maximum Gasteiger partial charge on any atom is 0.225 e. The van der Waals surface area contributed by atoms with Crippen molar-refractivity contribution in [3.05, 3.63) is 35.9 Å². The van der Waals surface area contributed by atoms with Crippen molar-refractivity contribution in [2.75, 3.05) is 32.8 Å². The van der Waals surface area contributed by atoms with E-state index in [4.69, 9.17) is 4.74 Å². The summed E-state index contributed by atoms with van der Waals surface area (Å²) < 4.78 is 5.63. The van der Waals surface area contributed by atoms with Gasteiger partial charge in [-0.25, -0.2) is 0 Å². The summed E-state index contributed by atoms with van der Waals surface area (Å²) in [4.78, 5) is 14.4. The molecule has 1 N–H and O–H groups in total. The fourth-order valence-electron chi connectivity index (χ4n) is 3.41. The van der Waals surface area contributed by atoms with Crippen LogP contribution >= 0.6 is 12.4 Å². The first-order valence-corrected chi connectivity index (χ1v) is 8.45. The van der Waals surface area contributed by atoms with Crippen molar-refractivity contribution in [2.45, 2.75) is 31.8 Å². The molecule has 1 aromatic carbocycles. The molecule has 0 saturated carbocycles. The van der Waals surface area contributed by atoms with Gasteiger partial charge in [-0.2, -0.15) is 0 Å². The maximum absolute atomic E-state index is 12.3. The molecule has 1 aromatic rings. The minimum Gasteiger partial charge on any atom is -0.375 e. The summed E-state index contributed by atoms with van der Waals surface area (Å²) in [5.74, 6) is 0.964. The van der Waals surface area contributed by atoms with Crippen LogP contribution in [0, 0.1) is 5.92 Å². The monoisotopic (exact) mass is 338 g/mol. The van der Waals surface area contributed by atoms with Crippen molar-refractivity contribution < 1.29 is 9.53 Å². The van der Waals surface area contributed by atoms with Crippen LogP contribution in [0.1, 0.15) is 24.8 Å². The highest BCUT2D eigenvalue weighted by atomic mass is 35.5. The molecule has 1 amide bonds. The summed E-state index contributed by atoms with van der Waals surface area (Å²) >= 11 is 0. The molecule has 2 aliphatic heterocycles. The molecule has 2 fully saturated rings. The number of hydrogen-bond acceptors (Lipinski definition) is 3. The molecule has 128 valence electrons. The average Bonchev–Trinajstić information content (AvgIpc) is 2.57. The normalized spacial score (nSPS) is 22.4. The Hall–Kier alpha value is -1.10. The van der Waals surface area contributed by atoms with Gasteiger partial charge in [0.2, 0.25) is 5.91 Å². The Morgan fingerprint density at radius 1 is 1.22 bits per heavy atom. The number of likely N-dealkylation sites (tertiary alicyclic amines) is 1. The SMILES string of the molecule is Cl.O=C(CC1CNCCO1)N1CCC(Cc2ccccc2)CC1. The number of nitrogens with zero attached hydrogens (tertiary/aromatic N) is 1. The molecule has 0 radical (unpaired) electrons. The van der Waals surface area contributed by atoms with E-state index >= 15 is 0 Å². The van der Waals surface area contributed by atoms with Crippen LogP contribution < -0.4 is 5.32 Å². The van der Waals surface area contributed by atoms with E-state index in [0.717, 1.165) is 52.0 Å². The maximum atomic E-state index is 12.3. The number of hydrogen-bond donors (Lipinski definition) is 1. The average molecular weight is 339 g/mol. The molecule has 5 heteroatoms. The zero-order valence-electron chi connectivity index (χ0n) is 13.6. The van der Waals surface area contributed by atoms with Gasteiger partial charge < -0.3 is 15.0 Å². The molecule has 0 aliphatic carbocycles. The van der Waals surface area contributed by atoms with E-state index in [1.807, 2.05) is 4.90 Å². The van der Waals surface area contributed by atoms with Gasteiger partial charge in [0.15, 0.2) is 0 Å². The second kappa shape index (κ2) is 9.26. The van der Waals surface area contributed by atoms with Gasteiger partial charge >= 0.3 is 0 Å². The topological polar surface area (TPSA) is 41.6 Å².